The Kier molecular flexibility index (Phi) is 10.1. The summed E-state index contributed by atoms with van der Waals surface area (Å²) in [7, 11) is 0. The van der Waals surface area contributed by atoms with Crippen molar-refractivity contribution in [1.29, 1.82) is 0 Å². The molecule has 0 amide bonds. The van der Waals surface area contributed by atoms with Crippen LogP contribution in [0.1, 0.15) is 92.5 Å². The van der Waals surface area contributed by atoms with E-state index in [-0.39, 0.29) is 5.41 Å². The topological polar surface area (TPSA) is 24.7 Å². The number of allylic oxidation sites excluding steroid dienone is 6. The van der Waals surface area contributed by atoms with Crippen LogP contribution in [-0.4, -0.2) is 11.5 Å². The second-order valence-corrected chi connectivity index (χ2v) is 14.8. The Hall–Kier alpha value is -5.60. The van der Waals surface area contributed by atoms with Crippen molar-refractivity contribution in [1.82, 2.24) is 0 Å². The summed E-state index contributed by atoms with van der Waals surface area (Å²) in [6.07, 6.45) is 23.9. The molecule has 5 aromatic carbocycles. The fourth-order valence-corrected chi connectivity index (χ4v) is 8.43. The molecule has 262 valence electrons. The molecule has 2 heteroatoms. The van der Waals surface area contributed by atoms with E-state index >= 15 is 0 Å². The van der Waals surface area contributed by atoms with E-state index < -0.39 is 0 Å². The first kappa shape index (κ1) is 34.5. The monoisotopic (exact) mass is 688 g/mol. The van der Waals surface area contributed by atoms with Crippen LogP contribution in [0.25, 0.3) is 33.2 Å². The summed E-state index contributed by atoms with van der Waals surface area (Å²) in [5.74, 6) is 0.710. The molecule has 0 aliphatic heterocycles. The number of amidine groups is 1. The van der Waals surface area contributed by atoms with Crippen LogP contribution >= 0.6 is 0 Å². The van der Waals surface area contributed by atoms with Crippen LogP contribution in [0.15, 0.2) is 174 Å². The van der Waals surface area contributed by atoms with Crippen LogP contribution in [0.3, 0.4) is 0 Å². The third-order valence-electron chi connectivity index (χ3n) is 11.4. The summed E-state index contributed by atoms with van der Waals surface area (Å²) in [5.41, 5.74) is 12.8. The lowest BCUT2D eigenvalue weighted by atomic mass is 9.65. The minimum Gasteiger partial charge on any atom is -0.233 e. The molecule has 0 bridgehead atoms. The van der Waals surface area contributed by atoms with Gasteiger partial charge in [-0.1, -0.05) is 178 Å². The summed E-state index contributed by atoms with van der Waals surface area (Å²) in [6.45, 7) is 6.55. The smallest absolute Gasteiger partial charge is 0.159 e. The highest BCUT2D eigenvalue weighted by atomic mass is 14.9. The molecule has 0 saturated heterocycles. The summed E-state index contributed by atoms with van der Waals surface area (Å²) < 4.78 is 0. The molecular weight excluding hydrogens is 641 g/mol. The highest BCUT2D eigenvalue weighted by molar-refractivity contribution is 6.17. The zero-order valence-electron chi connectivity index (χ0n) is 30.9. The van der Waals surface area contributed by atoms with Crippen LogP contribution in [-0.2, 0) is 5.41 Å². The number of nitrogens with zero attached hydrogens (tertiary/aromatic N) is 2. The molecular formula is C51H48N2. The van der Waals surface area contributed by atoms with Gasteiger partial charge >= 0.3 is 0 Å². The lowest BCUT2D eigenvalue weighted by molar-refractivity contribution is 0.346. The number of aliphatic imine (C=N–C) groups is 2. The van der Waals surface area contributed by atoms with Gasteiger partial charge in [-0.3, -0.25) is 0 Å². The van der Waals surface area contributed by atoms with Crippen LogP contribution in [0, 0.1) is 0 Å². The van der Waals surface area contributed by atoms with E-state index in [1.54, 1.807) is 0 Å². The maximum atomic E-state index is 5.16. The predicted octanol–water partition coefficient (Wildman–Crippen LogP) is 13.6. The SMILES string of the molecule is C=C(/N=C(\N=C(/C)c1cccc2ccccc12)C1=CCCC=C1)c1ccc(C2(c3ccc(-c4ccc(C5=CCCC=C5)cc4)cc3)CCCCC2)cc1. The molecule has 0 heterocycles. The molecule has 1 fully saturated rings. The number of fused-ring (bicyclic) bond motifs is 1. The highest BCUT2D eigenvalue weighted by Crippen LogP contribution is 2.45. The molecule has 0 unspecified atom stereocenters. The molecule has 3 aliphatic carbocycles. The number of hydrogen-bond donors (Lipinski definition) is 0. The van der Waals surface area contributed by atoms with Crippen molar-refractivity contribution in [2.45, 2.75) is 70.1 Å². The van der Waals surface area contributed by atoms with Gasteiger partial charge in [0.2, 0.25) is 0 Å². The van der Waals surface area contributed by atoms with Gasteiger partial charge in [-0.25, -0.2) is 9.98 Å². The summed E-state index contributed by atoms with van der Waals surface area (Å²) in [4.78, 5) is 10.3. The lowest BCUT2D eigenvalue weighted by Crippen LogP contribution is -2.30. The van der Waals surface area contributed by atoms with Gasteiger partial charge in [-0.05, 0) is 95.2 Å². The van der Waals surface area contributed by atoms with Gasteiger partial charge in [0, 0.05) is 22.3 Å². The second kappa shape index (κ2) is 15.6. The molecule has 2 nitrogen and oxygen atoms in total. The Morgan fingerprint density at radius 1 is 0.585 bits per heavy atom. The van der Waals surface area contributed by atoms with Gasteiger partial charge in [0.1, 0.15) is 0 Å². The number of benzene rings is 5. The van der Waals surface area contributed by atoms with Crippen molar-refractivity contribution in [2.75, 3.05) is 0 Å². The van der Waals surface area contributed by atoms with Gasteiger partial charge in [0.05, 0.1) is 5.70 Å². The Balaban J connectivity index is 1.06. The minimum atomic E-state index is 0.00624. The van der Waals surface area contributed by atoms with E-state index in [0.717, 1.165) is 66.6 Å². The van der Waals surface area contributed by atoms with Gasteiger partial charge < -0.3 is 0 Å². The Morgan fingerprint density at radius 3 is 1.89 bits per heavy atom. The molecule has 0 radical (unpaired) electrons. The third-order valence-corrected chi connectivity index (χ3v) is 11.4. The molecule has 1 saturated carbocycles. The van der Waals surface area contributed by atoms with Crippen molar-refractivity contribution in [3.63, 3.8) is 0 Å². The fourth-order valence-electron chi connectivity index (χ4n) is 8.43. The van der Waals surface area contributed by atoms with E-state index in [1.165, 1.54) is 63.4 Å². The first-order valence-corrected chi connectivity index (χ1v) is 19.4. The standard InChI is InChI=1S/C51H48N2/c1-37(52-50(45-18-8-4-9-19-45)53-38(2)48-22-14-20-44-17-10-11-21-49(44)48)39-27-31-46(32-28-39)51(35-12-5-13-36-51)47-33-29-43(30-34-47)42-25-23-41(24-26-42)40-15-6-3-7-16-40/h6,8,10-11,14-34H,1,3-5,7,9,12-13,35-36H2,2H3/b52-50-,53-38+. The van der Waals surface area contributed by atoms with Crippen molar-refractivity contribution < 1.29 is 0 Å². The molecule has 53 heavy (non-hydrogen) atoms. The van der Waals surface area contributed by atoms with E-state index in [2.05, 4.69) is 165 Å². The van der Waals surface area contributed by atoms with Crippen LogP contribution in [0.4, 0.5) is 0 Å². The molecule has 0 spiro atoms. The van der Waals surface area contributed by atoms with Gasteiger partial charge in [0.25, 0.3) is 0 Å². The first-order chi connectivity index (χ1) is 26.1. The van der Waals surface area contributed by atoms with Crippen molar-refractivity contribution >= 4 is 33.6 Å². The van der Waals surface area contributed by atoms with Gasteiger partial charge in [-0.2, -0.15) is 0 Å². The zero-order chi connectivity index (χ0) is 36.0. The molecule has 5 aromatic rings. The highest BCUT2D eigenvalue weighted by Gasteiger charge is 2.35. The van der Waals surface area contributed by atoms with E-state index in [0.29, 0.717) is 5.84 Å². The van der Waals surface area contributed by atoms with Crippen molar-refractivity contribution in [3.05, 3.63) is 192 Å². The minimum absolute atomic E-state index is 0.00624. The quantitative estimate of drug-likeness (QED) is 0.115. The maximum Gasteiger partial charge on any atom is 0.159 e. The normalized spacial score (nSPS) is 17.4. The first-order valence-electron chi connectivity index (χ1n) is 19.4. The van der Waals surface area contributed by atoms with Crippen LogP contribution in [0.5, 0.6) is 0 Å². The molecule has 0 aromatic heterocycles. The molecule has 0 N–H and O–H groups in total. The van der Waals surface area contributed by atoms with Crippen molar-refractivity contribution in [3.8, 4) is 11.1 Å². The second-order valence-electron chi connectivity index (χ2n) is 14.8. The average molecular weight is 689 g/mol. The Morgan fingerprint density at radius 2 is 1.21 bits per heavy atom. The Labute approximate surface area is 315 Å². The van der Waals surface area contributed by atoms with Crippen LogP contribution in [0.2, 0.25) is 0 Å². The van der Waals surface area contributed by atoms with E-state index in [9.17, 15) is 0 Å². The molecule has 3 aliphatic rings. The van der Waals surface area contributed by atoms with Crippen molar-refractivity contribution in [2.24, 2.45) is 9.98 Å². The zero-order valence-corrected chi connectivity index (χ0v) is 30.9. The summed E-state index contributed by atoms with van der Waals surface area (Å²) in [6, 6.07) is 42.4. The largest absolute Gasteiger partial charge is 0.233 e. The predicted molar refractivity (Wildman–Crippen MR) is 228 cm³/mol. The fraction of sp³-hybridized carbons (Fsp3) is 0.216. The van der Waals surface area contributed by atoms with Crippen LogP contribution < -0.4 is 0 Å². The summed E-state index contributed by atoms with van der Waals surface area (Å²) in [5, 5.41) is 2.41. The van der Waals surface area contributed by atoms with Gasteiger partial charge in [-0.15, -0.1) is 0 Å². The van der Waals surface area contributed by atoms with E-state index in [4.69, 9.17) is 9.98 Å². The third kappa shape index (κ3) is 7.37. The maximum absolute atomic E-state index is 5.16. The molecule has 8 rings (SSSR count). The number of hydrogen-bond acceptors (Lipinski definition) is 1. The van der Waals surface area contributed by atoms with E-state index in [1.807, 2.05) is 0 Å². The Bertz CT molecular complexity index is 2290. The lowest BCUT2D eigenvalue weighted by Gasteiger charge is -2.39. The molecule has 0 atom stereocenters. The average Bonchev–Trinajstić information content (AvgIpc) is 3.24. The van der Waals surface area contributed by atoms with Gasteiger partial charge in [0.15, 0.2) is 5.84 Å². The number of rotatable bonds is 8. The summed E-state index contributed by atoms with van der Waals surface area (Å²) >= 11 is 0.